The van der Waals surface area contributed by atoms with Gasteiger partial charge in [0.15, 0.2) is 0 Å². The number of halogens is 1. The van der Waals surface area contributed by atoms with E-state index in [2.05, 4.69) is 15.6 Å². The first kappa shape index (κ1) is 21.8. The maximum atomic E-state index is 14.1. The molecule has 0 atom stereocenters. The number of aromatic nitrogens is 1. The molecule has 0 saturated heterocycles. The number of hydrogen-bond donors (Lipinski definition) is 2. The molecule has 2 amide bonds. The van der Waals surface area contributed by atoms with Gasteiger partial charge in [-0.25, -0.2) is 14.2 Å². The average Bonchev–Trinajstić information content (AvgIpc) is 2.70. The van der Waals surface area contributed by atoms with Crippen molar-refractivity contribution in [2.75, 3.05) is 10.6 Å². The number of hydrogen-bond acceptors (Lipinski definition) is 5. The van der Waals surface area contributed by atoms with E-state index in [9.17, 15) is 14.0 Å². The lowest BCUT2D eigenvalue weighted by Crippen LogP contribution is -2.27. The molecule has 0 saturated carbocycles. The van der Waals surface area contributed by atoms with Gasteiger partial charge in [0.2, 0.25) is 5.88 Å². The molecule has 0 radical (unpaired) electrons. The number of carbonyl (C=O) groups excluding carboxylic acids is 2. The van der Waals surface area contributed by atoms with Gasteiger partial charge in [-0.1, -0.05) is 18.2 Å². The number of nitrogens with one attached hydrogen (secondary N) is 2. The Morgan fingerprint density at radius 2 is 1.71 bits per heavy atom. The summed E-state index contributed by atoms with van der Waals surface area (Å²) in [7, 11) is 0. The highest BCUT2D eigenvalue weighted by Gasteiger charge is 2.19. The summed E-state index contributed by atoms with van der Waals surface area (Å²) in [6.07, 6.45) is 0.705. The smallest absolute Gasteiger partial charge is 0.412 e. The molecule has 0 aliphatic rings. The third-order valence-corrected chi connectivity index (χ3v) is 3.83. The van der Waals surface area contributed by atoms with Gasteiger partial charge in [0, 0.05) is 11.9 Å². The second kappa shape index (κ2) is 9.25. The van der Waals surface area contributed by atoms with Gasteiger partial charge >= 0.3 is 6.09 Å². The zero-order valence-electron chi connectivity index (χ0n) is 17.3. The fourth-order valence-electron chi connectivity index (χ4n) is 2.56. The SMILES string of the molecule is CC(C)(C)OC(=O)Nc1cc(NC(=O)c2cccnc2Oc2ccccc2)ccc1F. The van der Waals surface area contributed by atoms with Crippen molar-refractivity contribution in [3.05, 3.63) is 78.2 Å². The van der Waals surface area contributed by atoms with Crippen LogP contribution in [-0.4, -0.2) is 22.6 Å². The van der Waals surface area contributed by atoms with E-state index in [0.29, 0.717) is 5.75 Å². The van der Waals surface area contributed by atoms with Crippen molar-refractivity contribution in [3.8, 4) is 11.6 Å². The Balaban J connectivity index is 1.76. The Kier molecular flexibility index (Phi) is 6.49. The molecule has 160 valence electrons. The van der Waals surface area contributed by atoms with Crippen LogP contribution in [0.1, 0.15) is 31.1 Å². The summed E-state index contributed by atoms with van der Waals surface area (Å²) < 4.78 is 25.0. The predicted molar refractivity (Wildman–Crippen MR) is 115 cm³/mol. The van der Waals surface area contributed by atoms with Crippen LogP contribution in [0.5, 0.6) is 11.6 Å². The van der Waals surface area contributed by atoms with E-state index < -0.39 is 23.4 Å². The van der Waals surface area contributed by atoms with E-state index in [0.717, 1.165) is 6.07 Å². The number of ether oxygens (including phenoxy) is 2. The van der Waals surface area contributed by atoms with Crippen LogP contribution < -0.4 is 15.4 Å². The van der Waals surface area contributed by atoms with Crippen LogP contribution >= 0.6 is 0 Å². The summed E-state index contributed by atoms with van der Waals surface area (Å²) in [4.78, 5) is 28.9. The number of amides is 2. The number of benzene rings is 2. The van der Waals surface area contributed by atoms with Crippen LogP contribution in [0.25, 0.3) is 0 Å². The van der Waals surface area contributed by atoms with Crippen LogP contribution in [0, 0.1) is 5.82 Å². The first-order chi connectivity index (χ1) is 14.7. The zero-order valence-corrected chi connectivity index (χ0v) is 17.3. The lowest BCUT2D eigenvalue weighted by molar-refractivity contribution is 0.0635. The first-order valence-corrected chi connectivity index (χ1v) is 9.50. The van der Waals surface area contributed by atoms with Crippen LogP contribution in [-0.2, 0) is 4.74 Å². The van der Waals surface area contributed by atoms with Crippen molar-refractivity contribution in [1.82, 2.24) is 4.98 Å². The van der Waals surface area contributed by atoms with E-state index in [1.807, 2.05) is 6.07 Å². The molecule has 0 fully saturated rings. The topological polar surface area (TPSA) is 89.6 Å². The van der Waals surface area contributed by atoms with Gasteiger partial charge in [-0.15, -0.1) is 0 Å². The van der Waals surface area contributed by atoms with Crippen molar-refractivity contribution in [1.29, 1.82) is 0 Å². The van der Waals surface area contributed by atoms with Crippen molar-refractivity contribution in [3.63, 3.8) is 0 Å². The maximum Gasteiger partial charge on any atom is 0.412 e. The number of carbonyl (C=O) groups is 2. The Bertz CT molecular complexity index is 1080. The third-order valence-electron chi connectivity index (χ3n) is 3.83. The number of nitrogens with zero attached hydrogens (tertiary/aromatic N) is 1. The molecule has 2 N–H and O–H groups in total. The van der Waals surface area contributed by atoms with Gasteiger partial charge in [0.25, 0.3) is 5.91 Å². The molecule has 0 unspecified atom stereocenters. The molecular formula is C23H22FN3O4. The molecule has 31 heavy (non-hydrogen) atoms. The van der Waals surface area contributed by atoms with Gasteiger partial charge < -0.3 is 14.8 Å². The Labute approximate surface area is 179 Å². The molecule has 8 heteroatoms. The summed E-state index contributed by atoms with van der Waals surface area (Å²) >= 11 is 0. The average molecular weight is 423 g/mol. The minimum atomic E-state index is -0.805. The molecule has 1 aromatic heterocycles. The summed E-state index contributed by atoms with van der Waals surface area (Å²) in [5.41, 5.74) is -0.398. The van der Waals surface area contributed by atoms with Gasteiger partial charge in [-0.2, -0.15) is 0 Å². The van der Waals surface area contributed by atoms with Crippen molar-refractivity contribution in [2.45, 2.75) is 26.4 Å². The normalized spacial score (nSPS) is 10.8. The lowest BCUT2D eigenvalue weighted by Gasteiger charge is -2.20. The van der Waals surface area contributed by atoms with E-state index in [4.69, 9.17) is 9.47 Å². The van der Waals surface area contributed by atoms with Gasteiger partial charge in [0.05, 0.1) is 5.69 Å². The van der Waals surface area contributed by atoms with Crippen LogP contribution in [0.4, 0.5) is 20.6 Å². The number of rotatable bonds is 5. The highest BCUT2D eigenvalue weighted by atomic mass is 19.1. The molecule has 7 nitrogen and oxygen atoms in total. The highest BCUT2D eigenvalue weighted by molar-refractivity contribution is 6.06. The molecule has 0 aliphatic carbocycles. The highest BCUT2D eigenvalue weighted by Crippen LogP contribution is 2.25. The second-order valence-corrected chi connectivity index (χ2v) is 7.55. The fraction of sp³-hybridized carbons (Fsp3) is 0.174. The quantitative estimate of drug-likeness (QED) is 0.557. The number of para-hydroxylation sites is 1. The molecule has 3 aromatic rings. The lowest BCUT2D eigenvalue weighted by atomic mass is 10.2. The molecule has 1 heterocycles. The summed E-state index contributed by atoms with van der Waals surface area (Å²) in [6, 6.07) is 15.9. The largest absolute Gasteiger partial charge is 0.444 e. The Morgan fingerprint density at radius 1 is 0.968 bits per heavy atom. The first-order valence-electron chi connectivity index (χ1n) is 9.50. The number of anilines is 2. The third kappa shape index (κ3) is 6.27. The molecule has 0 spiro atoms. The van der Waals surface area contributed by atoms with E-state index in [1.165, 1.54) is 18.3 Å². The Hall–Kier alpha value is -3.94. The second-order valence-electron chi connectivity index (χ2n) is 7.55. The molecule has 3 rings (SSSR count). The van der Waals surface area contributed by atoms with Crippen LogP contribution in [0.15, 0.2) is 66.9 Å². The van der Waals surface area contributed by atoms with Crippen molar-refractivity contribution >= 4 is 23.4 Å². The van der Waals surface area contributed by atoms with Crippen molar-refractivity contribution < 1.29 is 23.5 Å². The molecular weight excluding hydrogens is 401 g/mol. The standard InChI is InChI=1S/C23H22FN3O4/c1-23(2,3)31-22(29)27-19-14-15(11-12-18(19)24)26-20(28)17-10-7-13-25-21(17)30-16-8-5-4-6-9-16/h4-14H,1-3H3,(H,26,28)(H,27,29). The van der Waals surface area contributed by atoms with E-state index >= 15 is 0 Å². The maximum absolute atomic E-state index is 14.1. The van der Waals surface area contributed by atoms with E-state index in [-0.39, 0.29) is 22.8 Å². The van der Waals surface area contributed by atoms with Gasteiger partial charge in [0.1, 0.15) is 22.7 Å². The van der Waals surface area contributed by atoms with Crippen LogP contribution in [0.2, 0.25) is 0 Å². The molecule has 0 aliphatic heterocycles. The molecule has 2 aromatic carbocycles. The summed E-state index contributed by atoms with van der Waals surface area (Å²) in [5.74, 6) is -0.520. The van der Waals surface area contributed by atoms with E-state index in [1.54, 1.807) is 57.2 Å². The number of pyridine rings is 1. The Morgan fingerprint density at radius 3 is 2.42 bits per heavy atom. The van der Waals surface area contributed by atoms with Gasteiger partial charge in [-0.3, -0.25) is 10.1 Å². The summed E-state index contributed by atoms with van der Waals surface area (Å²) in [5, 5.41) is 5.00. The van der Waals surface area contributed by atoms with Gasteiger partial charge in [-0.05, 0) is 63.2 Å². The monoisotopic (exact) mass is 423 g/mol. The predicted octanol–water partition coefficient (Wildman–Crippen LogP) is 5.61. The fourth-order valence-corrected chi connectivity index (χ4v) is 2.56. The minimum absolute atomic E-state index is 0.125. The van der Waals surface area contributed by atoms with Crippen molar-refractivity contribution in [2.24, 2.45) is 0 Å². The molecule has 0 bridgehead atoms. The van der Waals surface area contributed by atoms with Crippen LogP contribution in [0.3, 0.4) is 0 Å². The minimum Gasteiger partial charge on any atom is -0.444 e. The summed E-state index contributed by atoms with van der Waals surface area (Å²) in [6.45, 7) is 5.09. The zero-order chi connectivity index (χ0) is 22.4.